The summed E-state index contributed by atoms with van der Waals surface area (Å²) >= 11 is 0. The van der Waals surface area contributed by atoms with Crippen molar-refractivity contribution in [2.75, 3.05) is 13.2 Å². The van der Waals surface area contributed by atoms with Crippen LogP contribution < -0.4 is 0 Å². The second-order valence-electron chi connectivity index (χ2n) is 6.96. The number of nitrogens with one attached hydrogen (secondary N) is 1. The number of rotatable bonds is 7. The first-order valence-electron chi connectivity index (χ1n) is 9.21. The smallest absolute Gasteiger partial charge is 0.308 e. The van der Waals surface area contributed by atoms with Crippen molar-refractivity contribution in [3.63, 3.8) is 0 Å². The average molecular weight is 394 g/mol. The first-order valence-corrected chi connectivity index (χ1v) is 9.21. The predicted molar refractivity (Wildman–Crippen MR) is 107 cm³/mol. The molecular formula is C22H22N2O5. The number of ether oxygens (including phenoxy) is 1. The Labute approximate surface area is 168 Å². The molecule has 0 radical (unpaired) electrons. The Hall–Kier alpha value is -3.48. The Morgan fingerprint density at radius 2 is 1.79 bits per heavy atom. The Morgan fingerprint density at radius 3 is 2.38 bits per heavy atom. The fourth-order valence-electron chi connectivity index (χ4n) is 3.62. The molecule has 7 heteroatoms. The molecular weight excluding hydrogens is 372 g/mol. The van der Waals surface area contributed by atoms with Crippen LogP contribution in [0.1, 0.15) is 61.4 Å². The number of benzene rings is 1. The van der Waals surface area contributed by atoms with Crippen LogP contribution in [-0.4, -0.2) is 46.5 Å². The number of amides is 1. The Morgan fingerprint density at radius 1 is 1.14 bits per heavy atom. The van der Waals surface area contributed by atoms with E-state index in [1.165, 1.54) is 11.8 Å². The first kappa shape index (κ1) is 20.3. The number of esters is 1. The van der Waals surface area contributed by atoms with E-state index in [2.05, 4.69) is 11.6 Å². The molecule has 150 valence electrons. The number of H-pyrrole nitrogens is 1. The lowest BCUT2D eigenvalue weighted by atomic mass is 10.1. The zero-order valence-electron chi connectivity index (χ0n) is 16.6. The molecule has 0 aliphatic carbocycles. The van der Waals surface area contributed by atoms with E-state index in [9.17, 15) is 19.2 Å². The molecule has 2 heterocycles. The van der Waals surface area contributed by atoms with E-state index in [0.29, 0.717) is 28.1 Å². The minimum Gasteiger partial charge on any atom is -0.457 e. The van der Waals surface area contributed by atoms with Gasteiger partial charge in [-0.15, -0.1) is 0 Å². The van der Waals surface area contributed by atoms with Gasteiger partial charge < -0.3 is 14.6 Å². The van der Waals surface area contributed by atoms with Gasteiger partial charge in [-0.1, -0.05) is 24.8 Å². The highest BCUT2D eigenvalue weighted by Crippen LogP contribution is 2.31. The van der Waals surface area contributed by atoms with Gasteiger partial charge in [-0.05, 0) is 32.4 Å². The van der Waals surface area contributed by atoms with Crippen LogP contribution in [0.4, 0.5) is 0 Å². The zero-order valence-corrected chi connectivity index (χ0v) is 16.6. The molecule has 1 aliphatic heterocycles. The number of aromatic amines is 1. The number of fused-ring (bicyclic) bond motifs is 1. The van der Waals surface area contributed by atoms with Crippen LogP contribution in [0.3, 0.4) is 0 Å². The number of ketones is 2. The lowest BCUT2D eigenvalue weighted by Crippen LogP contribution is -2.26. The normalized spacial score (nSPS) is 12.9. The van der Waals surface area contributed by atoms with Crippen LogP contribution in [0.2, 0.25) is 0 Å². The van der Waals surface area contributed by atoms with Crippen molar-refractivity contribution in [3.8, 4) is 0 Å². The van der Waals surface area contributed by atoms with E-state index in [0.717, 1.165) is 5.56 Å². The third-order valence-electron chi connectivity index (χ3n) is 5.01. The van der Waals surface area contributed by atoms with Crippen molar-refractivity contribution in [1.29, 1.82) is 0 Å². The van der Waals surface area contributed by atoms with Crippen LogP contribution in [-0.2, 0) is 9.53 Å². The summed E-state index contributed by atoms with van der Waals surface area (Å²) in [5, 5.41) is 0. The lowest BCUT2D eigenvalue weighted by molar-refractivity contribution is -0.142. The summed E-state index contributed by atoms with van der Waals surface area (Å²) in [6, 6.07) is 7.12. The number of Topliss-reactive ketones (excluding diaryl/α,β-unsaturated/α-hetero) is 2. The summed E-state index contributed by atoms with van der Waals surface area (Å²) in [7, 11) is 0. The summed E-state index contributed by atoms with van der Waals surface area (Å²) in [6.45, 7) is 8.43. The van der Waals surface area contributed by atoms with Gasteiger partial charge in [0.25, 0.3) is 5.91 Å². The van der Waals surface area contributed by atoms with Gasteiger partial charge in [0.15, 0.2) is 12.4 Å². The maximum atomic E-state index is 12.4. The van der Waals surface area contributed by atoms with Crippen molar-refractivity contribution < 1.29 is 23.9 Å². The van der Waals surface area contributed by atoms with Gasteiger partial charge in [0.2, 0.25) is 5.78 Å². The molecule has 29 heavy (non-hydrogen) atoms. The predicted octanol–water partition coefficient (Wildman–Crippen LogP) is 3.08. The number of hydrogen-bond donors (Lipinski definition) is 1. The Balaban J connectivity index is 1.56. The molecule has 0 fully saturated rings. The molecule has 0 atom stereocenters. The third kappa shape index (κ3) is 3.76. The molecule has 0 unspecified atom stereocenters. The molecule has 2 aromatic rings. The monoisotopic (exact) mass is 394 g/mol. The van der Waals surface area contributed by atoms with Gasteiger partial charge in [-0.3, -0.25) is 19.2 Å². The summed E-state index contributed by atoms with van der Waals surface area (Å²) in [4.78, 5) is 52.9. The zero-order chi connectivity index (χ0) is 21.3. The molecule has 1 N–H and O–H groups in total. The van der Waals surface area contributed by atoms with Crippen LogP contribution in [0.15, 0.2) is 30.8 Å². The highest BCUT2D eigenvalue weighted by Gasteiger charge is 2.30. The summed E-state index contributed by atoms with van der Waals surface area (Å²) in [5.41, 5.74) is 3.75. The molecule has 0 saturated carbocycles. The second kappa shape index (κ2) is 7.87. The van der Waals surface area contributed by atoms with Crippen LogP contribution >= 0.6 is 0 Å². The van der Waals surface area contributed by atoms with E-state index >= 15 is 0 Å². The number of carbonyl (C=O) groups excluding carboxylic acids is 4. The summed E-state index contributed by atoms with van der Waals surface area (Å²) < 4.78 is 5.07. The van der Waals surface area contributed by atoms with E-state index < -0.39 is 18.4 Å². The molecule has 1 amide bonds. The minimum absolute atomic E-state index is 0.0620. The minimum atomic E-state index is -0.595. The molecule has 3 rings (SSSR count). The molecule has 1 aromatic carbocycles. The fraction of sp³-hybridized carbons (Fsp3) is 0.273. The number of carbonyl (C=O) groups is 4. The van der Waals surface area contributed by atoms with Crippen LogP contribution in [0.25, 0.3) is 5.70 Å². The number of aromatic nitrogens is 1. The SMILES string of the molecule is C=C1c2ccccc2C(=O)N1CCC(=O)OCC(=O)c1[nH]c(C)c(C(C)=O)c1C. The number of aryl methyl sites for hydroxylation is 1. The lowest BCUT2D eigenvalue weighted by Gasteiger charge is -2.16. The Bertz CT molecular complexity index is 1010. The van der Waals surface area contributed by atoms with Crippen LogP contribution in [0.5, 0.6) is 0 Å². The van der Waals surface area contributed by atoms with Crippen molar-refractivity contribution in [1.82, 2.24) is 9.88 Å². The summed E-state index contributed by atoms with van der Waals surface area (Å²) in [5.74, 6) is -1.35. The number of nitrogens with zero attached hydrogens (tertiary/aromatic N) is 1. The van der Waals surface area contributed by atoms with Gasteiger partial charge >= 0.3 is 5.97 Å². The van der Waals surface area contributed by atoms with Crippen LogP contribution in [0, 0.1) is 13.8 Å². The third-order valence-corrected chi connectivity index (χ3v) is 5.01. The van der Waals surface area contributed by atoms with Crippen molar-refractivity contribution in [2.24, 2.45) is 0 Å². The summed E-state index contributed by atoms with van der Waals surface area (Å²) in [6.07, 6.45) is -0.0620. The maximum Gasteiger partial charge on any atom is 0.308 e. The topological polar surface area (TPSA) is 96.5 Å². The largest absolute Gasteiger partial charge is 0.457 e. The molecule has 1 aliphatic rings. The van der Waals surface area contributed by atoms with Gasteiger partial charge in [0.05, 0.1) is 12.1 Å². The standard InChI is InChI=1S/C22H22N2O5/c1-12-20(15(4)25)13(2)23-21(12)18(26)11-29-19(27)9-10-24-14(3)16-7-5-6-8-17(16)22(24)28/h5-8,23H,3,9-11H2,1-2,4H3. The number of hydrogen-bond acceptors (Lipinski definition) is 5. The Kier molecular flexibility index (Phi) is 5.50. The van der Waals surface area contributed by atoms with Crippen molar-refractivity contribution >= 4 is 29.1 Å². The quantitative estimate of drug-likeness (QED) is 0.575. The molecule has 7 nitrogen and oxygen atoms in total. The van der Waals surface area contributed by atoms with Crippen molar-refractivity contribution in [3.05, 3.63) is 64.5 Å². The average Bonchev–Trinajstić information content (AvgIpc) is 3.12. The second-order valence-corrected chi connectivity index (χ2v) is 6.96. The first-order chi connectivity index (χ1) is 13.7. The van der Waals surface area contributed by atoms with Gasteiger partial charge in [0.1, 0.15) is 0 Å². The van der Waals surface area contributed by atoms with E-state index in [1.54, 1.807) is 26.0 Å². The van der Waals surface area contributed by atoms with Crippen molar-refractivity contribution in [2.45, 2.75) is 27.2 Å². The van der Waals surface area contributed by atoms with E-state index in [-0.39, 0.29) is 30.3 Å². The van der Waals surface area contributed by atoms with E-state index in [4.69, 9.17) is 4.74 Å². The maximum absolute atomic E-state index is 12.4. The molecule has 0 bridgehead atoms. The highest BCUT2D eigenvalue weighted by atomic mass is 16.5. The highest BCUT2D eigenvalue weighted by molar-refractivity contribution is 6.09. The van der Waals surface area contributed by atoms with Gasteiger partial charge in [-0.25, -0.2) is 0 Å². The van der Waals surface area contributed by atoms with Gasteiger partial charge in [0, 0.05) is 34.6 Å². The molecule has 0 saturated heterocycles. The molecule has 1 aromatic heterocycles. The molecule has 0 spiro atoms. The van der Waals surface area contributed by atoms with E-state index in [1.807, 2.05) is 12.1 Å². The fourth-order valence-corrected chi connectivity index (χ4v) is 3.62. The van der Waals surface area contributed by atoms with Gasteiger partial charge in [-0.2, -0.15) is 0 Å².